The maximum atomic E-state index is 7.00. The van der Waals surface area contributed by atoms with Crippen molar-refractivity contribution in [1.29, 1.82) is 0 Å². The Morgan fingerprint density at radius 3 is 2.06 bits per heavy atom. The first-order valence-electron chi connectivity index (χ1n) is 12.9. The van der Waals surface area contributed by atoms with E-state index in [1.54, 1.807) is 4.31 Å². The van der Waals surface area contributed by atoms with Gasteiger partial charge in [-0.05, 0) is 71.6 Å². The maximum Gasteiger partial charge on any atom is 0.0959 e. The molecular weight excluding hydrogens is 466 g/mol. The van der Waals surface area contributed by atoms with Gasteiger partial charge in [-0.15, -0.1) is 0 Å². The van der Waals surface area contributed by atoms with Crippen LogP contribution in [0.5, 0.6) is 0 Å². The number of benzene rings is 2. The van der Waals surface area contributed by atoms with Gasteiger partial charge < -0.3 is 26.0 Å². The number of thiol groups is 1. The lowest BCUT2D eigenvalue weighted by molar-refractivity contribution is 0.394. The van der Waals surface area contributed by atoms with Gasteiger partial charge in [0.15, 0.2) is 0 Å². The monoisotopic (exact) mass is 515 g/mol. The molecule has 0 aromatic heterocycles. The average Bonchev–Trinajstić information content (AvgIpc) is 3.36. The highest BCUT2D eigenvalue weighted by Crippen LogP contribution is 2.20. The Labute approximate surface area is 225 Å². The summed E-state index contributed by atoms with van der Waals surface area (Å²) < 4.78 is 1.69. The van der Waals surface area contributed by atoms with Crippen LogP contribution in [-0.2, 0) is 0 Å². The number of nitrogens with zero attached hydrogens (tertiary/aromatic N) is 2. The first-order chi connectivity index (χ1) is 17.4. The minimum Gasteiger partial charge on any atom is -0.400 e. The van der Waals surface area contributed by atoms with Crippen LogP contribution in [0, 0.1) is 6.92 Å². The fraction of sp³-hybridized carbons (Fsp3) is 0.517. The normalized spacial score (nSPS) is 17.0. The van der Waals surface area contributed by atoms with Crippen LogP contribution < -0.4 is 20.9 Å². The van der Waals surface area contributed by atoms with Crippen LogP contribution in [0.25, 0.3) is 0 Å². The fourth-order valence-corrected chi connectivity index (χ4v) is 4.24. The van der Waals surface area contributed by atoms with Crippen molar-refractivity contribution in [3.63, 3.8) is 0 Å². The Morgan fingerprint density at radius 2 is 1.53 bits per heavy atom. The molecule has 0 amide bonds. The van der Waals surface area contributed by atoms with Gasteiger partial charge in [0.1, 0.15) is 0 Å². The second-order valence-electron chi connectivity index (χ2n) is 9.35. The Bertz CT molecular complexity index is 807. The zero-order valence-corrected chi connectivity index (χ0v) is 23.9. The van der Waals surface area contributed by atoms with E-state index in [4.69, 9.17) is 5.11 Å². The van der Waals surface area contributed by atoms with E-state index < -0.39 is 0 Å². The third-order valence-electron chi connectivity index (χ3n) is 6.05. The third kappa shape index (κ3) is 13.8. The molecule has 0 spiro atoms. The molecule has 36 heavy (non-hydrogen) atoms. The molecule has 0 radical (unpaired) electrons. The van der Waals surface area contributed by atoms with Crippen LogP contribution in [-0.4, -0.2) is 62.8 Å². The second-order valence-corrected chi connectivity index (χ2v) is 10.2. The van der Waals surface area contributed by atoms with E-state index in [1.165, 1.54) is 43.4 Å². The van der Waals surface area contributed by atoms with Crippen molar-refractivity contribution in [2.24, 2.45) is 0 Å². The van der Waals surface area contributed by atoms with Crippen molar-refractivity contribution in [2.75, 3.05) is 51.6 Å². The molecule has 202 valence electrons. The smallest absolute Gasteiger partial charge is 0.0959 e. The number of rotatable bonds is 6. The minimum absolute atomic E-state index is 0.436. The van der Waals surface area contributed by atoms with E-state index in [0.29, 0.717) is 6.04 Å². The van der Waals surface area contributed by atoms with Crippen LogP contribution in [0.15, 0.2) is 67.0 Å². The number of nitrogens with one attached hydrogen (secondary N) is 3. The molecule has 2 aromatic carbocycles. The predicted molar refractivity (Wildman–Crippen MR) is 161 cm³/mol. The zero-order valence-electron chi connectivity index (χ0n) is 23.0. The van der Waals surface area contributed by atoms with Crippen LogP contribution >= 0.6 is 12.8 Å². The van der Waals surface area contributed by atoms with E-state index >= 15 is 0 Å². The largest absolute Gasteiger partial charge is 0.400 e. The zero-order chi connectivity index (χ0) is 26.8. The average molecular weight is 516 g/mol. The highest BCUT2D eigenvalue weighted by atomic mass is 32.1. The standard InChI is InChI=1S/C19H23N3.C7H15N.C2H7NS.CH4O/c1-15-8-10-17(11-9-15)20-16(2)21-18-12-13-22(14-18)19-6-4-3-5-7-19;1-8-7-5-3-2-4-6-7;1-3(2)4;1-2/h3-11,18,20-21H,2,12-14H2,1H3;7-8H,2-6H2,1H3;4H,1-2H3;2H,1H3. The van der Waals surface area contributed by atoms with Crippen LogP contribution in [0.4, 0.5) is 11.4 Å². The molecule has 4 rings (SSSR count). The van der Waals surface area contributed by atoms with Gasteiger partial charge in [-0.3, -0.25) is 4.31 Å². The van der Waals surface area contributed by atoms with Gasteiger partial charge in [-0.1, -0.05) is 74.6 Å². The van der Waals surface area contributed by atoms with Gasteiger partial charge >= 0.3 is 0 Å². The molecule has 1 saturated heterocycles. The molecule has 2 aromatic rings. The molecule has 1 heterocycles. The second kappa shape index (κ2) is 19.0. The Kier molecular flexibility index (Phi) is 16.8. The predicted octanol–water partition coefficient (Wildman–Crippen LogP) is 5.29. The first kappa shape index (κ1) is 31.8. The number of aliphatic hydroxyl groups excluding tert-OH is 1. The van der Waals surface area contributed by atoms with Crippen molar-refractivity contribution in [3.8, 4) is 0 Å². The van der Waals surface area contributed by atoms with Gasteiger partial charge in [0.2, 0.25) is 0 Å². The fourth-order valence-electron chi connectivity index (χ4n) is 4.24. The van der Waals surface area contributed by atoms with Gasteiger partial charge in [0, 0.05) is 43.7 Å². The quantitative estimate of drug-likeness (QED) is 0.337. The van der Waals surface area contributed by atoms with Crippen molar-refractivity contribution in [3.05, 3.63) is 72.6 Å². The minimum atomic E-state index is 0.436. The lowest BCUT2D eigenvalue weighted by Crippen LogP contribution is -2.33. The molecule has 2 aliphatic rings. The molecule has 7 heteroatoms. The summed E-state index contributed by atoms with van der Waals surface area (Å²) in [5.41, 5.74) is 3.63. The molecule has 1 atom stereocenters. The van der Waals surface area contributed by atoms with Gasteiger partial charge in [0.25, 0.3) is 0 Å². The Hall–Kier alpha value is -2.19. The molecule has 6 nitrogen and oxygen atoms in total. The van der Waals surface area contributed by atoms with Crippen molar-refractivity contribution in [1.82, 2.24) is 14.9 Å². The lowest BCUT2D eigenvalue weighted by atomic mass is 9.96. The maximum absolute atomic E-state index is 7.00. The van der Waals surface area contributed by atoms with Crippen LogP contribution in [0.2, 0.25) is 0 Å². The number of hydrogen-bond acceptors (Lipinski definition) is 7. The Balaban J connectivity index is 0.000000382. The molecule has 2 fully saturated rings. The SMILES string of the molecule is C=C(Nc1ccc(C)cc1)NC1CCN(c2ccccc2)C1.CN(C)S.CNC1CCCCC1.CO. The number of hydrogen-bond donors (Lipinski definition) is 5. The number of aryl methyl sites for hydroxylation is 1. The van der Waals surface area contributed by atoms with Gasteiger partial charge in [-0.2, -0.15) is 0 Å². The van der Waals surface area contributed by atoms with E-state index in [9.17, 15) is 0 Å². The Morgan fingerprint density at radius 1 is 0.944 bits per heavy atom. The van der Waals surface area contributed by atoms with E-state index in [0.717, 1.165) is 44.2 Å². The number of aliphatic hydroxyl groups is 1. The summed E-state index contributed by atoms with van der Waals surface area (Å²) in [7, 11) is 6.79. The molecular formula is C29H49N5OS. The topological polar surface area (TPSA) is 62.8 Å². The summed E-state index contributed by atoms with van der Waals surface area (Å²) in [6.45, 7) is 8.28. The summed E-state index contributed by atoms with van der Waals surface area (Å²) in [4.78, 5) is 2.41. The highest BCUT2D eigenvalue weighted by Gasteiger charge is 2.22. The van der Waals surface area contributed by atoms with Gasteiger partial charge in [-0.25, -0.2) is 0 Å². The van der Waals surface area contributed by atoms with E-state index in [1.807, 2.05) is 14.1 Å². The van der Waals surface area contributed by atoms with Crippen LogP contribution in [0.3, 0.4) is 0 Å². The molecule has 1 unspecified atom stereocenters. The van der Waals surface area contributed by atoms with Crippen molar-refractivity contribution < 1.29 is 5.11 Å². The summed E-state index contributed by atoms with van der Waals surface area (Å²) in [5, 5.41) is 17.1. The molecule has 1 saturated carbocycles. The lowest BCUT2D eigenvalue weighted by Gasteiger charge is -2.20. The van der Waals surface area contributed by atoms with Crippen molar-refractivity contribution >= 4 is 24.2 Å². The molecule has 4 N–H and O–H groups in total. The highest BCUT2D eigenvalue weighted by molar-refractivity contribution is 7.77. The van der Waals surface area contributed by atoms with E-state index in [2.05, 4.69) is 109 Å². The summed E-state index contributed by atoms with van der Waals surface area (Å²) >= 11 is 3.80. The molecule has 1 aliphatic heterocycles. The van der Waals surface area contributed by atoms with Crippen molar-refractivity contribution in [2.45, 2.75) is 57.5 Å². The van der Waals surface area contributed by atoms with E-state index in [-0.39, 0.29) is 0 Å². The van der Waals surface area contributed by atoms with Gasteiger partial charge in [0.05, 0.1) is 5.82 Å². The number of anilines is 2. The summed E-state index contributed by atoms with van der Waals surface area (Å²) in [5.74, 6) is 0.865. The van der Waals surface area contributed by atoms with Crippen LogP contribution in [0.1, 0.15) is 44.1 Å². The first-order valence-corrected chi connectivity index (χ1v) is 13.3. The molecule has 1 aliphatic carbocycles. The number of para-hydroxylation sites is 1. The molecule has 0 bridgehead atoms. The summed E-state index contributed by atoms with van der Waals surface area (Å²) in [6.07, 6.45) is 8.26. The summed E-state index contributed by atoms with van der Waals surface area (Å²) in [6, 6.07) is 20.2. The third-order valence-corrected chi connectivity index (χ3v) is 6.05.